The molecule has 2 atom stereocenters. The van der Waals surface area contributed by atoms with Crippen molar-refractivity contribution < 1.29 is 19.3 Å². The highest BCUT2D eigenvalue weighted by Crippen LogP contribution is 2.27. The van der Waals surface area contributed by atoms with Crippen molar-refractivity contribution >= 4 is 5.84 Å². The lowest BCUT2D eigenvalue weighted by molar-refractivity contribution is -0.0243. The molecule has 3 rings (SSSR count). The minimum Gasteiger partial charge on any atom is -0.377 e. The Bertz CT molecular complexity index is 953. The number of nitrogens with one attached hydrogen (secondary N) is 2. The summed E-state index contributed by atoms with van der Waals surface area (Å²) in [5.41, 5.74) is 6.82. The number of halogens is 3. The minimum absolute atomic E-state index is 0.271. The van der Waals surface area contributed by atoms with Gasteiger partial charge in [0.15, 0.2) is 5.79 Å². The molecule has 0 radical (unpaired) electrons. The lowest BCUT2D eigenvalue weighted by atomic mass is 10.0. The molecule has 1 heterocycles. The van der Waals surface area contributed by atoms with E-state index in [-0.39, 0.29) is 5.84 Å². The number of benzene rings is 2. The highest BCUT2D eigenvalue weighted by atomic mass is 19.3. The molecule has 0 bridgehead atoms. The van der Waals surface area contributed by atoms with Crippen LogP contribution in [0.15, 0.2) is 65.8 Å². The van der Waals surface area contributed by atoms with Gasteiger partial charge in [-0.15, -0.1) is 0 Å². The van der Waals surface area contributed by atoms with Gasteiger partial charge in [0, 0.05) is 20.6 Å². The Morgan fingerprint density at radius 1 is 1.24 bits per heavy atom. The molecule has 2 aromatic carbocycles. The number of rotatable bonds is 7. The van der Waals surface area contributed by atoms with E-state index >= 15 is 0 Å². The molecule has 2 aromatic rings. The Balaban J connectivity index is 1.83. The summed E-state index contributed by atoms with van der Waals surface area (Å²) in [6.45, 7) is 2.81. The number of hydrogen-bond donors (Lipinski definition) is 3. The Hall–Kier alpha value is -2.84. The van der Waals surface area contributed by atoms with Crippen LogP contribution in [0.3, 0.4) is 0 Å². The van der Waals surface area contributed by atoms with Gasteiger partial charge in [-0.2, -0.15) is 8.78 Å². The molecule has 0 spiro atoms. The van der Waals surface area contributed by atoms with E-state index in [0.717, 1.165) is 17.7 Å². The first-order valence-electron chi connectivity index (χ1n) is 9.65. The standard InChI is InChI=1S/C21H23F3N4O/c1-2-29-14-16-7-5-6-15(12-16)13-20(25)26-11-10-19(27-20)28-21(23,24)17-8-3-4-9-18(17)22/h3-12,26H,2,13-14,25H2,1H3,(H,27,28)/i13D. The largest absolute Gasteiger partial charge is 0.377 e. The number of nitrogens with two attached hydrogens (primary N) is 1. The van der Waals surface area contributed by atoms with Gasteiger partial charge >= 0.3 is 6.05 Å². The maximum atomic E-state index is 14.6. The van der Waals surface area contributed by atoms with E-state index in [4.69, 9.17) is 11.8 Å². The van der Waals surface area contributed by atoms with Gasteiger partial charge in [-0.3, -0.25) is 5.73 Å². The van der Waals surface area contributed by atoms with Crippen molar-refractivity contribution in [2.45, 2.75) is 31.8 Å². The van der Waals surface area contributed by atoms with Crippen LogP contribution in [0.4, 0.5) is 13.2 Å². The van der Waals surface area contributed by atoms with Crippen molar-refractivity contribution in [3.8, 4) is 0 Å². The van der Waals surface area contributed by atoms with Gasteiger partial charge < -0.3 is 15.4 Å². The second kappa shape index (κ2) is 8.67. The molecule has 0 aliphatic carbocycles. The van der Waals surface area contributed by atoms with E-state index in [1.807, 2.05) is 18.3 Å². The zero-order valence-electron chi connectivity index (χ0n) is 16.8. The summed E-state index contributed by atoms with van der Waals surface area (Å²) in [5, 5.41) is 4.67. The van der Waals surface area contributed by atoms with Gasteiger partial charge in [0.05, 0.1) is 12.2 Å². The number of ether oxygens (including phenoxy) is 1. The van der Waals surface area contributed by atoms with Gasteiger partial charge in [0.1, 0.15) is 11.7 Å². The van der Waals surface area contributed by atoms with Crippen LogP contribution in [0.25, 0.3) is 0 Å². The third-order valence-corrected chi connectivity index (χ3v) is 4.17. The van der Waals surface area contributed by atoms with E-state index in [2.05, 4.69) is 10.3 Å². The average molecular weight is 405 g/mol. The van der Waals surface area contributed by atoms with Gasteiger partial charge in [0.25, 0.3) is 0 Å². The average Bonchev–Trinajstić information content (AvgIpc) is 2.72. The predicted octanol–water partition coefficient (Wildman–Crippen LogP) is 3.37. The van der Waals surface area contributed by atoms with Crippen LogP contribution < -0.4 is 16.4 Å². The molecule has 154 valence electrons. The van der Waals surface area contributed by atoms with Crippen LogP contribution >= 0.6 is 0 Å². The van der Waals surface area contributed by atoms with Crippen molar-refractivity contribution in [2.24, 2.45) is 10.7 Å². The third-order valence-electron chi connectivity index (χ3n) is 4.17. The lowest BCUT2D eigenvalue weighted by Crippen LogP contribution is -2.55. The van der Waals surface area contributed by atoms with Crippen LogP contribution in [0.1, 0.15) is 25.0 Å². The number of aliphatic imine (C=N–C) groups is 1. The van der Waals surface area contributed by atoms with E-state index in [0.29, 0.717) is 18.8 Å². The number of alkyl halides is 2. The highest BCUT2D eigenvalue weighted by molar-refractivity contribution is 5.94. The molecule has 2 unspecified atom stereocenters. The molecule has 8 heteroatoms. The summed E-state index contributed by atoms with van der Waals surface area (Å²) in [6.07, 6.45) is 1.47. The van der Waals surface area contributed by atoms with Crippen LogP contribution in [0.2, 0.25) is 0 Å². The summed E-state index contributed by atoms with van der Waals surface area (Å²) in [6, 6.07) is 7.95. The lowest BCUT2D eigenvalue weighted by Gasteiger charge is -2.31. The first-order chi connectivity index (χ1) is 14.2. The van der Waals surface area contributed by atoms with Crippen molar-refractivity contribution in [1.82, 2.24) is 10.6 Å². The van der Waals surface area contributed by atoms with Crippen molar-refractivity contribution in [3.05, 3.63) is 83.3 Å². The van der Waals surface area contributed by atoms with Gasteiger partial charge in [-0.25, -0.2) is 9.38 Å². The first-order valence-corrected chi connectivity index (χ1v) is 9.08. The van der Waals surface area contributed by atoms with Crippen molar-refractivity contribution in [2.75, 3.05) is 6.61 Å². The highest BCUT2D eigenvalue weighted by Gasteiger charge is 2.36. The minimum atomic E-state index is -3.72. The summed E-state index contributed by atoms with van der Waals surface area (Å²) in [7, 11) is 0. The molecule has 0 saturated heterocycles. The SMILES string of the molecule is [2H]C(c1cccc(COCC)c1)C1(N)N=C(NC(F)(F)c2ccccc2F)C=CN1. The van der Waals surface area contributed by atoms with E-state index in [9.17, 15) is 13.2 Å². The number of nitrogens with zero attached hydrogens (tertiary/aromatic N) is 1. The van der Waals surface area contributed by atoms with Crippen molar-refractivity contribution in [1.29, 1.82) is 0 Å². The molecule has 29 heavy (non-hydrogen) atoms. The molecule has 0 amide bonds. The second-order valence-corrected chi connectivity index (χ2v) is 6.51. The molecule has 0 saturated carbocycles. The fourth-order valence-corrected chi connectivity index (χ4v) is 2.86. The van der Waals surface area contributed by atoms with Gasteiger partial charge in [-0.1, -0.05) is 36.4 Å². The summed E-state index contributed by atoms with van der Waals surface area (Å²) >= 11 is 0. The van der Waals surface area contributed by atoms with Crippen LogP contribution in [-0.4, -0.2) is 18.2 Å². The number of hydrogen-bond acceptors (Lipinski definition) is 5. The van der Waals surface area contributed by atoms with Crippen molar-refractivity contribution in [3.63, 3.8) is 0 Å². The maximum absolute atomic E-state index is 14.6. The first kappa shape index (κ1) is 19.5. The maximum Gasteiger partial charge on any atom is 0.354 e. The smallest absolute Gasteiger partial charge is 0.354 e. The molecule has 0 fully saturated rings. The van der Waals surface area contributed by atoms with Gasteiger partial charge in [0.2, 0.25) is 0 Å². The predicted molar refractivity (Wildman–Crippen MR) is 106 cm³/mol. The third kappa shape index (κ3) is 5.36. The second-order valence-electron chi connectivity index (χ2n) is 6.51. The topological polar surface area (TPSA) is 71.7 Å². The molecule has 4 N–H and O–H groups in total. The van der Waals surface area contributed by atoms with E-state index in [1.165, 1.54) is 24.4 Å². The molecule has 5 nitrogen and oxygen atoms in total. The monoisotopic (exact) mass is 405 g/mol. The molecule has 1 aliphatic rings. The van der Waals surface area contributed by atoms with Crippen LogP contribution in [0.5, 0.6) is 0 Å². The fraction of sp³-hybridized carbons (Fsp3) is 0.286. The normalized spacial score (nSPS) is 20.4. The fourth-order valence-electron chi connectivity index (χ4n) is 2.86. The quantitative estimate of drug-likeness (QED) is 0.618. The van der Waals surface area contributed by atoms with Crippen LogP contribution in [-0.2, 0) is 23.8 Å². The number of amidine groups is 1. The Morgan fingerprint density at radius 2 is 2.00 bits per heavy atom. The van der Waals surface area contributed by atoms with Gasteiger partial charge in [-0.05, 0) is 36.3 Å². The summed E-state index contributed by atoms with van der Waals surface area (Å²) in [4.78, 5) is 4.09. The Labute approximate surface area is 168 Å². The van der Waals surface area contributed by atoms with E-state index < -0.39 is 29.6 Å². The zero-order valence-corrected chi connectivity index (χ0v) is 15.8. The molecular weight excluding hydrogens is 381 g/mol. The summed E-state index contributed by atoms with van der Waals surface area (Å²) in [5.74, 6) is -3.02. The van der Waals surface area contributed by atoms with E-state index in [1.54, 1.807) is 18.2 Å². The molecule has 1 aliphatic heterocycles. The Morgan fingerprint density at radius 3 is 2.76 bits per heavy atom. The van der Waals surface area contributed by atoms with Crippen LogP contribution in [0, 0.1) is 5.82 Å². The Kier molecular flexibility index (Phi) is 5.82. The summed E-state index contributed by atoms with van der Waals surface area (Å²) < 4.78 is 56.9. The zero-order chi connectivity index (χ0) is 21.8. The molecule has 0 aromatic heterocycles. The molecular formula is C21H23F3N4O.